The van der Waals surface area contributed by atoms with Crippen molar-refractivity contribution >= 4 is 0 Å². The lowest BCUT2D eigenvalue weighted by atomic mass is 10.0. The maximum Gasteiger partial charge on any atom is 0.0755 e. The summed E-state index contributed by atoms with van der Waals surface area (Å²) in [5.74, 6) is 0. The standard InChI is InChI=1S/C18H23N3O/c1-15(18-13-19-9-10-20-18)21-11-7-17(8-12-21)22-14-16-5-3-2-4-6-16/h2-6,9-10,13,15,17H,7-8,11-12,14H2,1H3/t15-/m0/s1. The number of rotatable bonds is 5. The summed E-state index contributed by atoms with van der Waals surface area (Å²) < 4.78 is 6.05. The van der Waals surface area contributed by atoms with E-state index in [2.05, 4.69) is 46.1 Å². The smallest absolute Gasteiger partial charge is 0.0755 e. The fourth-order valence-electron chi connectivity index (χ4n) is 2.93. The fourth-order valence-corrected chi connectivity index (χ4v) is 2.93. The number of likely N-dealkylation sites (tertiary alicyclic amines) is 1. The predicted octanol–water partition coefficient (Wildman–Crippen LogP) is 3.22. The maximum atomic E-state index is 6.05. The van der Waals surface area contributed by atoms with Crippen molar-refractivity contribution in [3.8, 4) is 0 Å². The van der Waals surface area contributed by atoms with E-state index < -0.39 is 0 Å². The highest BCUT2D eigenvalue weighted by Gasteiger charge is 2.24. The Bertz CT molecular complexity index is 553. The molecule has 116 valence electrons. The van der Waals surface area contributed by atoms with E-state index in [9.17, 15) is 0 Å². The van der Waals surface area contributed by atoms with Crippen molar-refractivity contribution in [2.45, 2.75) is 38.5 Å². The molecule has 0 saturated carbocycles. The highest BCUT2D eigenvalue weighted by Crippen LogP contribution is 2.24. The molecule has 3 rings (SSSR count). The van der Waals surface area contributed by atoms with Gasteiger partial charge in [0.2, 0.25) is 0 Å². The van der Waals surface area contributed by atoms with E-state index >= 15 is 0 Å². The number of hydrogen-bond acceptors (Lipinski definition) is 4. The van der Waals surface area contributed by atoms with Crippen molar-refractivity contribution in [2.75, 3.05) is 13.1 Å². The summed E-state index contributed by atoms with van der Waals surface area (Å²) in [4.78, 5) is 11.0. The van der Waals surface area contributed by atoms with Gasteiger partial charge in [-0.3, -0.25) is 14.9 Å². The van der Waals surface area contributed by atoms with E-state index in [0.717, 1.165) is 31.6 Å². The van der Waals surface area contributed by atoms with Gasteiger partial charge in [0.15, 0.2) is 0 Å². The number of ether oxygens (including phenoxy) is 1. The molecule has 2 aromatic rings. The first kappa shape index (κ1) is 15.1. The van der Waals surface area contributed by atoms with E-state index in [1.165, 1.54) is 5.56 Å². The predicted molar refractivity (Wildman–Crippen MR) is 86.3 cm³/mol. The summed E-state index contributed by atoms with van der Waals surface area (Å²) >= 11 is 0. The topological polar surface area (TPSA) is 38.2 Å². The summed E-state index contributed by atoms with van der Waals surface area (Å²) in [5.41, 5.74) is 2.30. The third-order valence-corrected chi connectivity index (χ3v) is 4.36. The molecule has 0 unspecified atom stereocenters. The van der Waals surface area contributed by atoms with Gasteiger partial charge in [0.25, 0.3) is 0 Å². The SMILES string of the molecule is C[C@@H](c1cnccn1)N1CCC(OCc2ccccc2)CC1. The molecule has 4 heteroatoms. The molecular formula is C18H23N3O. The van der Waals surface area contributed by atoms with Gasteiger partial charge in [-0.2, -0.15) is 0 Å². The van der Waals surface area contributed by atoms with Gasteiger partial charge in [-0.05, 0) is 25.3 Å². The van der Waals surface area contributed by atoms with Gasteiger partial charge in [-0.25, -0.2) is 0 Å². The van der Waals surface area contributed by atoms with Crippen LogP contribution in [0.15, 0.2) is 48.9 Å². The van der Waals surface area contributed by atoms with Crippen LogP contribution in [0.2, 0.25) is 0 Å². The zero-order valence-corrected chi connectivity index (χ0v) is 13.1. The molecule has 0 bridgehead atoms. The molecule has 1 aromatic heterocycles. The molecule has 1 atom stereocenters. The Morgan fingerprint density at radius 3 is 2.64 bits per heavy atom. The first-order valence-electron chi connectivity index (χ1n) is 7.98. The summed E-state index contributed by atoms with van der Waals surface area (Å²) in [6.45, 7) is 5.02. The van der Waals surface area contributed by atoms with Gasteiger partial charge < -0.3 is 4.74 Å². The fraction of sp³-hybridized carbons (Fsp3) is 0.444. The second-order valence-corrected chi connectivity index (χ2v) is 5.84. The summed E-state index contributed by atoms with van der Waals surface area (Å²) in [5, 5.41) is 0. The third kappa shape index (κ3) is 3.90. The zero-order valence-electron chi connectivity index (χ0n) is 13.1. The van der Waals surface area contributed by atoms with Crippen molar-refractivity contribution < 1.29 is 4.74 Å². The summed E-state index contributed by atoms with van der Waals surface area (Å²) in [6, 6.07) is 10.7. The van der Waals surface area contributed by atoms with Crippen LogP contribution in [0.25, 0.3) is 0 Å². The number of nitrogens with zero attached hydrogens (tertiary/aromatic N) is 3. The molecule has 0 aliphatic carbocycles. The minimum Gasteiger partial charge on any atom is -0.373 e. The number of benzene rings is 1. The number of hydrogen-bond donors (Lipinski definition) is 0. The van der Waals surface area contributed by atoms with Crippen LogP contribution in [0.5, 0.6) is 0 Å². The second kappa shape index (κ2) is 7.47. The van der Waals surface area contributed by atoms with Crippen molar-refractivity contribution in [3.63, 3.8) is 0 Å². The van der Waals surface area contributed by atoms with E-state index in [0.29, 0.717) is 18.8 Å². The molecule has 22 heavy (non-hydrogen) atoms. The Morgan fingerprint density at radius 1 is 1.18 bits per heavy atom. The molecule has 0 radical (unpaired) electrons. The van der Waals surface area contributed by atoms with E-state index in [4.69, 9.17) is 4.74 Å². The van der Waals surface area contributed by atoms with Gasteiger partial charge in [0.05, 0.1) is 24.4 Å². The van der Waals surface area contributed by atoms with Gasteiger partial charge >= 0.3 is 0 Å². The van der Waals surface area contributed by atoms with E-state index in [-0.39, 0.29) is 0 Å². The maximum absolute atomic E-state index is 6.05. The van der Waals surface area contributed by atoms with Crippen LogP contribution >= 0.6 is 0 Å². The first-order chi connectivity index (χ1) is 10.8. The molecule has 1 aromatic carbocycles. The molecule has 0 spiro atoms. The highest BCUT2D eigenvalue weighted by molar-refractivity contribution is 5.13. The molecule has 0 amide bonds. The molecule has 2 heterocycles. The molecule has 1 aliphatic rings. The monoisotopic (exact) mass is 297 g/mol. The van der Waals surface area contributed by atoms with E-state index in [1.54, 1.807) is 12.4 Å². The summed E-state index contributed by atoms with van der Waals surface area (Å²) in [6.07, 6.45) is 7.88. The van der Waals surface area contributed by atoms with Crippen molar-refractivity contribution in [1.82, 2.24) is 14.9 Å². The molecular weight excluding hydrogens is 274 g/mol. The largest absolute Gasteiger partial charge is 0.373 e. The molecule has 1 saturated heterocycles. The second-order valence-electron chi connectivity index (χ2n) is 5.84. The molecule has 4 nitrogen and oxygen atoms in total. The minimum absolute atomic E-state index is 0.323. The Balaban J connectivity index is 1.46. The lowest BCUT2D eigenvalue weighted by Crippen LogP contribution is -2.38. The van der Waals surface area contributed by atoms with Crippen LogP contribution in [0.1, 0.15) is 37.1 Å². The lowest BCUT2D eigenvalue weighted by Gasteiger charge is -2.35. The van der Waals surface area contributed by atoms with Gasteiger partial charge in [-0.15, -0.1) is 0 Å². The van der Waals surface area contributed by atoms with E-state index in [1.807, 2.05) is 12.3 Å². The molecule has 1 aliphatic heterocycles. The van der Waals surface area contributed by atoms with Crippen LogP contribution in [0, 0.1) is 0 Å². The average molecular weight is 297 g/mol. The third-order valence-electron chi connectivity index (χ3n) is 4.36. The van der Waals surface area contributed by atoms with Crippen molar-refractivity contribution in [1.29, 1.82) is 0 Å². The lowest BCUT2D eigenvalue weighted by molar-refractivity contribution is -0.0101. The molecule has 1 fully saturated rings. The highest BCUT2D eigenvalue weighted by atomic mass is 16.5. The van der Waals surface area contributed by atoms with Crippen LogP contribution in [0.4, 0.5) is 0 Å². The summed E-state index contributed by atoms with van der Waals surface area (Å²) in [7, 11) is 0. The van der Waals surface area contributed by atoms with Crippen LogP contribution in [0.3, 0.4) is 0 Å². The van der Waals surface area contributed by atoms with Crippen LogP contribution in [-0.4, -0.2) is 34.1 Å². The van der Waals surface area contributed by atoms with Crippen LogP contribution in [-0.2, 0) is 11.3 Å². The van der Waals surface area contributed by atoms with Gasteiger partial charge in [0, 0.05) is 31.7 Å². The van der Waals surface area contributed by atoms with Crippen molar-refractivity contribution in [3.05, 3.63) is 60.2 Å². The average Bonchev–Trinajstić information content (AvgIpc) is 2.61. The van der Waals surface area contributed by atoms with Crippen LogP contribution < -0.4 is 0 Å². The first-order valence-corrected chi connectivity index (χ1v) is 7.98. The normalized spacial score (nSPS) is 18.2. The van der Waals surface area contributed by atoms with Gasteiger partial charge in [-0.1, -0.05) is 30.3 Å². The quantitative estimate of drug-likeness (QED) is 0.849. The zero-order chi connectivity index (χ0) is 15.2. The van der Waals surface area contributed by atoms with Gasteiger partial charge in [0.1, 0.15) is 0 Å². The Morgan fingerprint density at radius 2 is 1.95 bits per heavy atom. The number of aromatic nitrogens is 2. The Kier molecular flexibility index (Phi) is 5.14. The minimum atomic E-state index is 0.323. The number of piperidine rings is 1. The molecule has 0 N–H and O–H groups in total. The Hall–Kier alpha value is -1.78. The van der Waals surface area contributed by atoms with Crippen molar-refractivity contribution in [2.24, 2.45) is 0 Å². The Labute approximate surface area is 132 Å².